The standard InChI is InChI=1S/C26H30N4O2/c1-2-21-10-12-23(13-11-21)32-18-6-9-26(31)30-16-14-29(15-17-30)25-19-24(27-20-28-25)22-7-4-3-5-8-22/h3-5,7-8,10-13,19-20H,2,6,9,14-18H2,1H3. The number of anilines is 1. The molecule has 1 amide bonds. The van der Waals surface area contributed by atoms with Crippen LogP contribution in [0.15, 0.2) is 67.0 Å². The highest BCUT2D eigenvalue weighted by molar-refractivity contribution is 5.76. The van der Waals surface area contributed by atoms with Crippen LogP contribution >= 0.6 is 0 Å². The second-order valence-corrected chi connectivity index (χ2v) is 7.94. The number of ether oxygens (including phenoxy) is 1. The van der Waals surface area contributed by atoms with Crippen molar-refractivity contribution in [2.24, 2.45) is 0 Å². The predicted octanol–water partition coefficient (Wildman–Crippen LogP) is 4.21. The topological polar surface area (TPSA) is 58.6 Å². The fraction of sp³-hybridized carbons (Fsp3) is 0.346. The van der Waals surface area contributed by atoms with E-state index in [9.17, 15) is 4.79 Å². The maximum absolute atomic E-state index is 12.6. The first-order valence-electron chi connectivity index (χ1n) is 11.3. The Bertz CT molecular complexity index is 1000. The molecule has 1 aliphatic rings. The molecule has 0 radical (unpaired) electrons. The van der Waals surface area contributed by atoms with Crippen LogP contribution in [-0.4, -0.2) is 53.6 Å². The summed E-state index contributed by atoms with van der Waals surface area (Å²) in [6.07, 6.45) is 3.87. The summed E-state index contributed by atoms with van der Waals surface area (Å²) in [4.78, 5) is 25.6. The molecule has 1 aliphatic heterocycles. The normalized spacial score (nSPS) is 13.8. The molecule has 32 heavy (non-hydrogen) atoms. The molecular weight excluding hydrogens is 400 g/mol. The van der Waals surface area contributed by atoms with E-state index in [1.807, 2.05) is 53.4 Å². The Hall–Kier alpha value is -3.41. The number of rotatable bonds is 8. The zero-order valence-corrected chi connectivity index (χ0v) is 18.6. The van der Waals surface area contributed by atoms with Gasteiger partial charge in [-0.15, -0.1) is 0 Å². The number of benzene rings is 2. The molecule has 1 aromatic heterocycles. The minimum absolute atomic E-state index is 0.197. The fourth-order valence-corrected chi connectivity index (χ4v) is 3.86. The lowest BCUT2D eigenvalue weighted by Crippen LogP contribution is -2.49. The number of amides is 1. The Morgan fingerprint density at radius 1 is 0.969 bits per heavy atom. The Kier molecular flexibility index (Phi) is 7.33. The first-order valence-corrected chi connectivity index (χ1v) is 11.3. The van der Waals surface area contributed by atoms with E-state index in [1.165, 1.54) is 5.56 Å². The van der Waals surface area contributed by atoms with Gasteiger partial charge in [0.25, 0.3) is 0 Å². The maximum atomic E-state index is 12.6. The molecule has 2 heterocycles. The second-order valence-electron chi connectivity index (χ2n) is 7.94. The summed E-state index contributed by atoms with van der Waals surface area (Å²) in [5, 5.41) is 0. The van der Waals surface area contributed by atoms with Crippen LogP contribution in [0, 0.1) is 0 Å². The van der Waals surface area contributed by atoms with Gasteiger partial charge >= 0.3 is 0 Å². The molecule has 0 saturated carbocycles. The summed E-state index contributed by atoms with van der Waals surface area (Å²) in [7, 11) is 0. The largest absolute Gasteiger partial charge is 0.494 e. The van der Waals surface area contributed by atoms with E-state index in [2.05, 4.69) is 33.9 Å². The monoisotopic (exact) mass is 430 g/mol. The maximum Gasteiger partial charge on any atom is 0.222 e. The van der Waals surface area contributed by atoms with Gasteiger partial charge in [-0.05, 0) is 30.5 Å². The Morgan fingerprint density at radius 2 is 1.72 bits per heavy atom. The third kappa shape index (κ3) is 5.63. The lowest BCUT2D eigenvalue weighted by atomic mass is 10.1. The van der Waals surface area contributed by atoms with Gasteiger partial charge in [0, 0.05) is 44.2 Å². The van der Waals surface area contributed by atoms with Crippen molar-refractivity contribution in [3.63, 3.8) is 0 Å². The van der Waals surface area contributed by atoms with Gasteiger partial charge in [-0.2, -0.15) is 0 Å². The number of nitrogens with zero attached hydrogens (tertiary/aromatic N) is 4. The molecule has 6 nitrogen and oxygen atoms in total. The molecule has 0 atom stereocenters. The third-order valence-corrected chi connectivity index (χ3v) is 5.81. The molecule has 0 bridgehead atoms. The number of aryl methyl sites for hydroxylation is 1. The van der Waals surface area contributed by atoms with E-state index in [1.54, 1.807) is 6.33 Å². The van der Waals surface area contributed by atoms with E-state index < -0.39 is 0 Å². The molecule has 4 rings (SSSR count). The number of aromatic nitrogens is 2. The van der Waals surface area contributed by atoms with Gasteiger partial charge < -0.3 is 14.5 Å². The highest BCUT2D eigenvalue weighted by atomic mass is 16.5. The molecule has 3 aromatic rings. The van der Waals surface area contributed by atoms with E-state index in [0.717, 1.165) is 48.8 Å². The van der Waals surface area contributed by atoms with Gasteiger partial charge in [-0.3, -0.25) is 4.79 Å². The minimum Gasteiger partial charge on any atom is -0.494 e. The molecule has 0 N–H and O–H groups in total. The van der Waals surface area contributed by atoms with Crippen molar-refractivity contribution < 1.29 is 9.53 Å². The van der Waals surface area contributed by atoms with Gasteiger partial charge in [-0.25, -0.2) is 9.97 Å². The molecule has 1 saturated heterocycles. The molecule has 0 unspecified atom stereocenters. The SMILES string of the molecule is CCc1ccc(OCCCC(=O)N2CCN(c3cc(-c4ccccc4)ncn3)CC2)cc1. The van der Waals surface area contributed by atoms with Crippen molar-refractivity contribution in [1.29, 1.82) is 0 Å². The van der Waals surface area contributed by atoms with Gasteiger partial charge in [-0.1, -0.05) is 49.4 Å². The van der Waals surface area contributed by atoms with Crippen LogP contribution in [0.25, 0.3) is 11.3 Å². The zero-order chi connectivity index (χ0) is 22.2. The Balaban J connectivity index is 1.21. The van der Waals surface area contributed by atoms with Gasteiger partial charge in [0.2, 0.25) is 5.91 Å². The van der Waals surface area contributed by atoms with Crippen molar-refractivity contribution in [3.05, 3.63) is 72.6 Å². The van der Waals surface area contributed by atoms with Crippen LogP contribution in [0.1, 0.15) is 25.3 Å². The van der Waals surface area contributed by atoms with E-state index in [0.29, 0.717) is 26.1 Å². The quantitative estimate of drug-likeness (QED) is 0.501. The molecule has 6 heteroatoms. The van der Waals surface area contributed by atoms with Crippen LogP contribution in [0.3, 0.4) is 0 Å². The molecule has 0 spiro atoms. The Morgan fingerprint density at radius 3 is 2.44 bits per heavy atom. The first-order chi connectivity index (χ1) is 15.7. The van der Waals surface area contributed by atoms with Gasteiger partial charge in [0.05, 0.1) is 12.3 Å². The summed E-state index contributed by atoms with van der Waals surface area (Å²) in [6.45, 7) is 5.66. The van der Waals surface area contributed by atoms with Crippen LogP contribution in [-0.2, 0) is 11.2 Å². The van der Waals surface area contributed by atoms with Gasteiger partial charge in [0.1, 0.15) is 17.9 Å². The van der Waals surface area contributed by atoms with Crippen molar-refractivity contribution in [3.8, 4) is 17.0 Å². The fourth-order valence-electron chi connectivity index (χ4n) is 3.86. The minimum atomic E-state index is 0.197. The average molecular weight is 431 g/mol. The highest BCUT2D eigenvalue weighted by Crippen LogP contribution is 2.21. The first kappa shape index (κ1) is 21.8. The Labute approximate surface area is 189 Å². The summed E-state index contributed by atoms with van der Waals surface area (Å²) in [5.74, 6) is 1.97. The van der Waals surface area contributed by atoms with Crippen molar-refractivity contribution >= 4 is 11.7 Å². The molecular formula is C26H30N4O2. The molecule has 1 fully saturated rings. The zero-order valence-electron chi connectivity index (χ0n) is 18.6. The van der Waals surface area contributed by atoms with Crippen LogP contribution in [0.2, 0.25) is 0 Å². The van der Waals surface area contributed by atoms with Crippen LogP contribution in [0.4, 0.5) is 5.82 Å². The summed E-state index contributed by atoms with van der Waals surface area (Å²) < 4.78 is 5.77. The van der Waals surface area contributed by atoms with Gasteiger partial charge in [0.15, 0.2) is 0 Å². The third-order valence-electron chi connectivity index (χ3n) is 5.81. The summed E-state index contributed by atoms with van der Waals surface area (Å²) >= 11 is 0. The van der Waals surface area contributed by atoms with Crippen LogP contribution in [0.5, 0.6) is 5.75 Å². The number of carbonyl (C=O) groups excluding carboxylic acids is 1. The number of hydrogen-bond acceptors (Lipinski definition) is 5. The highest BCUT2D eigenvalue weighted by Gasteiger charge is 2.22. The lowest BCUT2D eigenvalue weighted by molar-refractivity contribution is -0.131. The van der Waals surface area contributed by atoms with Crippen LogP contribution < -0.4 is 9.64 Å². The smallest absolute Gasteiger partial charge is 0.222 e. The number of hydrogen-bond donors (Lipinski definition) is 0. The van der Waals surface area contributed by atoms with Crippen molar-refractivity contribution in [1.82, 2.24) is 14.9 Å². The number of carbonyl (C=O) groups is 1. The van der Waals surface area contributed by atoms with E-state index >= 15 is 0 Å². The lowest BCUT2D eigenvalue weighted by Gasteiger charge is -2.35. The van der Waals surface area contributed by atoms with E-state index in [4.69, 9.17) is 4.74 Å². The average Bonchev–Trinajstić information content (AvgIpc) is 2.87. The molecule has 166 valence electrons. The predicted molar refractivity (Wildman–Crippen MR) is 127 cm³/mol. The van der Waals surface area contributed by atoms with Crippen molar-refractivity contribution in [2.75, 3.05) is 37.7 Å². The summed E-state index contributed by atoms with van der Waals surface area (Å²) in [6, 6.07) is 20.3. The van der Waals surface area contributed by atoms with E-state index in [-0.39, 0.29) is 5.91 Å². The number of piperazine rings is 1. The molecule has 2 aromatic carbocycles. The molecule has 0 aliphatic carbocycles. The van der Waals surface area contributed by atoms with Crippen molar-refractivity contribution in [2.45, 2.75) is 26.2 Å². The summed E-state index contributed by atoms with van der Waals surface area (Å²) in [5.41, 5.74) is 3.29. The second kappa shape index (κ2) is 10.8.